The summed E-state index contributed by atoms with van der Waals surface area (Å²) < 4.78 is 1.19. The summed E-state index contributed by atoms with van der Waals surface area (Å²) in [6.45, 7) is 11.7. The molecule has 1 rings (SSSR count). The van der Waals surface area contributed by atoms with Crippen molar-refractivity contribution in [3.8, 4) is 0 Å². The average molecular weight is 310 g/mol. The molecule has 0 aliphatic carbocycles. The first-order valence-corrected chi connectivity index (χ1v) is 7.53. The van der Waals surface area contributed by atoms with Crippen molar-refractivity contribution in [3.05, 3.63) is 46.0 Å². The Bertz CT molecular complexity index is 398. The Morgan fingerprint density at radius 2 is 2.11 bits per heavy atom. The highest BCUT2D eigenvalue weighted by Crippen LogP contribution is 2.26. The molecule has 0 aromatic heterocycles. The average Bonchev–Trinajstić information content (AvgIpc) is 2.37. The summed E-state index contributed by atoms with van der Waals surface area (Å²) in [5.41, 5.74) is 3.93. The second kappa shape index (κ2) is 7.75. The Hall–Kier alpha value is -0.600. The number of benzene rings is 1. The van der Waals surface area contributed by atoms with Gasteiger partial charge in [0.1, 0.15) is 0 Å². The van der Waals surface area contributed by atoms with Gasteiger partial charge in [-0.2, -0.15) is 0 Å². The minimum atomic E-state index is 0.384. The fourth-order valence-electron chi connectivity index (χ4n) is 1.89. The van der Waals surface area contributed by atoms with E-state index in [-0.39, 0.29) is 0 Å². The van der Waals surface area contributed by atoms with E-state index in [1.165, 1.54) is 21.2 Å². The van der Waals surface area contributed by atoms with Gasteiger partial charge < -0.3 is 5.32 Å². The van der Waals surface area contributed by atoms with Crippen molar-refractivity contribution in [2.45, 2.75) is 46.1 Å². The molecule has 1 aromatic carbocycles. The monoisotopic (exact) mass is 309 g/mol. The number of nitrogens with one attached hydrogen (secondary N) is 1. The highest BCUT2D eigenvalue weighted by atomic mass is 79.9. The van der Waals surface area contributed by atoms with Crippen molar-refractivity contribution in [1.82, 2.24) is 5.32 Å². The molecule has 1 nitrogen and oxygen atoms in total. The summed E-state index contributed by atoms with van der Waals surface area (Å²) in [4.78, 5) is 0. The molecule has 1 unspecified atom stereocenters. The Balaban J connectivity index is 2.86. The Morgan fingerprint density at radius 3 is 2.67 bits per heavy atom. The quantitative estimate of drug-likeness (QED) is 0.686. The Labute approximate surface area is 120 Å². The van der Waals surface area contributed by atoms with Gasteiger partial charge in [-0.3, -0.25) is 0 Å². The fraction of sp³-hybridized carbons (Fsp3) is 0.500. The lowest BCUT2D eigenvalue weighted by Crippen LogP contribution is -2.22. The lowest BCUT2D eigenvalue weighted by atomic mass is 9.97. The third-order valence-electron chi connectivity index (χ3n) is 3.23. The molecule has 1 aromatic rings. The van der Waals surface area contributed by atoms with Gasteiger partial charge in [0, 0.05) is 10.5 Å². The predicted octanol–water partition coefficient (Wildman–Crippen LogP) is 5.15. The van der Waals surface area contributed by atoms with Crippen LogP contribution >= 0.6 is 15.9 Å². The standard InChI is InChI=1S/C16H24BrN/c1-5-9-18-16(10-12(3)6-2)14-8-7-13(4)15(17)11-14/h7-8,11,16,18H,3,5-6,9-10H2,1-2,4H3. The maximum atomic E-state index is 4.13. The zero-order valence-corrected chi connectivity index (χ0v) is 13.3. The summed E-state index contributed by atoms with van der Waals surface area (Å²) >= 11 is 3.62. The topological polar surface area (TPSA) is 12.0 Å². The van der Waals surface area contributed by atoms with Crippen LogP contribution in [0.3, 0.4) is 0 Å². The van der Waals surface area contributed by atoms with Crippen LogP contribution in [0.4, 0.5) is 0 Å². The molecule has 100 valence electrons. The van der Waals surface area contributed by atoms with Crippen LogP contribution in [0.15, 0.2) is 34.8 Å². The zero-order chi connectivity index (χ0) is 13.5. The first-order chi connectivity index (χ1) is 8.58. The van der Waals surface area contributed by atoms with E-state index in [4.69, 9.17) is 0 Å². The van der Waals surface area contributed by atoms with Crippen LogP contribution in [-0.4, -0.2) is 6.54 Å². The molecule has 0 saturated carbocycles. The van der Waals surface area contributed by atoms with Crippen LogP contribution in [0.2, 0.25) is 0 Å². The van der Waals surface area contributed by atoms with Crippen molar-refractivity contribution in [2.24, 2.45) is 0 Å². The second-order valence-electron chi connectivity index (χ2n) is 4.82. The lowest BCUT2D eigenvalue weighted by molar-refractivity contribution is 0.523. The van der Waals surface area contributed by atoms with Gasteiger partial charge in [-0.25, -0.2) is 0 Å². The first kappa shape index (κ1) is 15.5. The molecule has 0 amide bonds. The zero-order valence-electron chi connectivity index (χ0n) is 11.7. The molecule has 0 heterocycles. The van der Waals surface area contributed by atoms with E-state index in [0.717, 1.165) is 25.8 Å². The normalized spacial score (nSPS) is 12.4. The molecule has 1 N–H and O–H groups in total. The smallest absolute Gasteiger partial charge is 0.0357 e. The van der Waals surface area contributed by atoms with E-state index >= 15 is 0 Å². The van der Waals surface area contributed by atoms with Crippen molar-refractivity contribution in [1.29, 1.82) is 0 Å². The molecule has 0 radical (unpaired) electrons. The Kier molecular flexibility index (Phi) is 6.66. The van der Waals surface area contributed by atoms with E-state index < -0.39 is 0 Å². The van der Waals surface area contributed by atoms with E-state index in [1.54, 1.807) is 0 Å². The molecule has 0 bridgehead atoms. The lowest BCUT2D eigenvalue weighted by Gasteiger charge is -2.20. The first-order valence-electron chi connectivity index (χ1n) is 6.74. The van der Waals surface area contributed by atoms with Gasteiger partial charge in [0.25, 0.3) is 0 Å². The molecule has 1 atom stereocenters. The van der Waals surface area contributed by atoms with E-state index in [9.17, 15) is 0 Å². The van der Waals surface area contributed by atoms with E-state index in [0.29, 0.717) is 6.04 Å². The van der Waals surface area contributed by atoms with Gasteiger partial charge in [-0.15, -0.1) is 0 Å². The van der Waals surface area contributed by atoms with Gasteiger partial charge in [0.05, 0.1) is 0 Å². The van der Waals surface area contributed by atoms with E-state index in [2.05, 4.69) is 66.8 Å². The maximum absolute atomic E-state index is 4.13. The van der Waals surface area contributed by atoms with Crippen LogP contribution in [0.5, 0.6) is 0 Å². The molecule has 0 aliphatic heterocycles. The number of halogens is 1. The van der Waals surface area contributed by atoms with Crippen LogP contribution in [-0.2, 0) is 0 Å². The van der Waals surface area contributed by atoms with Crippen LogP contribution in [0, 0.1) is 6.92 Å². The molecule has 0 saturated heterocycles. The summed E-state index contributed by atoms with van der Waals surface area (Å²) in [7, 11) is 0. The number of hydrogen-bond donors (Lipinski definition) is 1. The van der Waals surface area contributed by atoms with Gasteiger partial charge in [-0.1, -0.05) is 54.1 Å². The van der Waals surface area contributed by atoms with Gasteiger partial charge in [0.15, 0.2) is 0 Å². The third kappa shape index (κ3) is 4.58. The highest BCUT2D eigenvalue weighted by molar-refractivity contribution is 9.10. The number of hydrogen-bond acceptors (Lipinski definition) is 1. The van der Waals surface area contributed by atoms with Crippen molar-refractivity contribution >= 4 is 15.9 Å². The molecule has 18 heavy (non-hydrogen) atoms. The highest BCUT2D eigenvalue weighted by Gasteiger charge is 2.12. The molecule has 0 fully saturated rings. The molecular weight excluding hydrogens is 286 g/mol. The number of aryl methyl sites for hydroxylation is 1. The van der Waals surface area contributed by atoms with Crippen LogP contribution in [0.25, 0.3) is 0 Å². The molecule has 2 heteroatoms. The van der Waals surface area contributed by atoms with Crippen LogP contribution < -0.4 is 5.32 Å². The molecule has 0 aliphatic rings. The maximum Gasteiger partial charge on any atom is 0.0357 e. The number of rotatable bonds is 7. The SMILES string of the molecule is C=C(CC)CC(NCCC)c1ccc(C)c(Br)c1. The predicted molar refractivity (Wildman–Crippen MR) is 84.0 cm³/mol. The van der Waals surface area contributed by atoms with Crippen molar-refractivity contribution in [3.63, 3.8) is 0 Å². The molecular formula is C16H24BrN. The van der Waals surface area contributed by atoms with Crippen LogP contribution in [0.1, 0.15) is 50.3 Å². The summed E-state index contributed by atoms with van der Waals surface area (Å²) in [6, 6.07) is 7.01. The van der Waals surface area contributed by atoms with Crippen molar-refractivity contribution < 1.29 is 0 Å². The molecule has 0 spiro atoms. The third-order valence-corrected chi connectivity index (χ3v) is 4.09. The summed E-state index contributed by atoms with van der Waals surface area (Å²) in [6.07, 6.45) is 3.23. The van der Waals surface area contributed by atoms with E-state index in [1.807, 2.05) is 0 Å². The van der Waals surface area contributed by atoms with Gasteiger partial charge in [0.2, 0.25) is 0 Å². The Morgan fingerprint density at radius 1 is 1.39 bits per heavy atom. The minimum Gasteiger partial charge on any atom is -0.310 e. The van der Waals surface area contributed by atoms with Gasteiger partial charge >= 0.3 is 0 Å². The van der Waals surface area contributed by atoms with Gasteiger partial charge in [-0.05, 0) is 49.9 Å². The largest absolute Gasteiger partial charge is 0.310 e. The second-order valence-corrected chi connectivity index (χ2v) is 5.68. The fourth-order valence-corrected chi connectivity index (χ4v) is 2.28. The minimum absolute atomic E-state index is 0.384. The summed E-state index contributed by atoms with van der Waals surface area (Å²) in [5, 5.41) is 3.62. The summed E-state index contributed by atoms with van der Waals surface area (Å²) in [5.74, 6) is 0. The van der Waals surface area contributed by atoms with Crippen molar-refractivity contribution in [2.75, 3.05) is 6.54 Å².